The number of hydrogen-bond acceptors (Lipinski definition) is 3. The number of aryl methyl sites for hydroxylation is 1. The lowest BCUT2D eigenvalue weighted by molar-refractivity contribution is 0.0697. The summed E-state index contributed by atoms with van der Waals surface area (Å²) in [6.45, 7) is 3.93. The first kappa shape index (κ1) is 18.3. The van der Waals surface area contributed by atoms with E-state index in [4.69, 9.17) is 5.11 Å². The van der Waals surface area contributed by atoms with Crippen LogP contribution in [0.4, 0.5) is 5.69 Å². The third kappa shape index (κ3) is 4.76. The lowest BCUT2D eigenvalue weighted by Crippen LogP contribution is -1.95. The zero-order chi connectivity index (χ0) is 19.2. The molecule has 27 heavy (non-hydrogen) atoms. The van der Waals surface area contributed by atoms with Gasteiger partial charge in [0.05, 0.1) is 16.9 Å². The van der Waals surface area contributed by atoms with Gasteiger partial charge in [0, 0.05) is 11.9 Å². The summed E-state index contributed by atoms with van der Waals surface area (Å²) >= 11 is 0. The van der Waals surface area contributed by atoms with Crippen molar-refractivity contribution < 1.29 is 9.90 Å². The molecule has 1 N–H and O–H groups in total. The van der Waals surface area contributed by atoms with E-state index in [1.165, 1.54) is 0 Å². The van der Waals surface area contributed by atoms with E-state index in [0.29, 0.717) is 0 Å². The van der Waals surface area contributed by atoms with Gasteiger partial charge in [0.2, 0.25) is 0 Å². The summed E-state index contributed by atoms with van der Waals surface area (Å²) in [6, 6.07) is 18.8. The zero-order valence-electron chi connectivity index (χ0n) is 15.3. The predicted octanol–water partition coefficient (Wildman–Crippen LogP) is 5.40. The van der Waals surface area contributed by atoms with Gasteiger partial charge in [-0.3, -0.25) is 9.98 Å². The number of nitrogens with zero attached hydrogens (tertiary/aromatic N) is 2. The molecule has 3 rings (SSSR count). The molecular formula is C23H20N2O2. The molecule has 0 radical (unpaired) electrons. The Bertz CT molecular complexity index is 1000. The van der Waals surface area contributed by atoms with Crippen LogP contribution in [-0.2, 0) is 0 Å². The summed E-state index contributed by atoms with van der Waals surface area (Å²) in [7, 11) is 0. The van der Waals surface area contributed by atoms with Crippen LogP contribution in [0.1, 0.15) is 39.7 Å². The van der Waals surface area contributed by atoms with E-state index in [2.05, 4.69) is 9.98 Å². The molecule has 0 aliphatic carbocycles. The molecule has 0 aliphatic rings. The van der Waals surface area contributed by atoms with Crippen LogP contribution in [0.5, 0.6) is 0 Å². The smallest absolute Gasteiger partial charge is 0.335 e. The number of hydrogen-bond donors (Lipinski definition) is 1. The number of aliphatic imine (C=N–C) groups is 1. The lowest BCUT2D eigenvalue weighted by Gasteiger charge is -2.04. The molecule has 1 aromatic heterocycles. The van der Waals surface area contributed by atoms with E-state index in [9.17, 15) is 4.79 Å². The summed E-state index contributed by atoms with van der Waals surface area (Å²) < 4.78 is 0. The van der Waals surface area contributed by atoms with Crippen LogP contribution < -0.4 is 0 Å². The van der Waals surface area contributed by atoms with Gasteiger partial charge in [-0.2, -0.15) is 0 Å². The third-order valence-corrected chi connectivity index (χ3v) is 4.22. The van der Waals surface area contributed by atoms with Crippen LogP contribution in [0.15, 0.2) is 71.9 Å². The number of carbonyl (C=O) groups is 1. The molecule has 0 atom stereocenters. The fraction of sp³-hybridized carbons (Fsp3) is 0.0870. The number of carboxylic acid groups (broad SMARTS) is 1. The summed E-state index contributed by atoms with van der Waals surface area (Å²) in [6.07, 6.45) is 5.72. The van der Waals surface area contributed by atoms with Gasteiger partial charge in [0.15, 0.2) is 0 Å². The van der Waals surface area contributed by atoms with E-state index in [0.717, 1.165) is 33.8 Å². The Morgan fingerprint density at radius 1 is 0.926 bits per heavy atom. The Morgan fingerprint density at radius 3 is 2.00 bits per heavy atom. The van der Waals surface area contributed by atoms with Gasteiger partial charge < -0.3 is 5.11 Å². The summed E-state index contributed by atoms with van der Waals surface area (Å²) in [4.78, 5) is 19.8. The van der Waals surface area contributed by atoms with Crippen LogP contribution >= 0.6 is 0 Å². The molecule has 0 aliphatic heterocycles. The Hall–Kier alpha value is -3.53. The van der Waals surface area contributed by atoms with Crippen molar-refractivity contribution in [3.63, 3.8) is 0 Å². The predicted molar refractivity (Wildman–Crippen MR) is 110 cm³/mol. The highest BCUT2D eigenvalue weighted by Crippen LogP contribution is 2.18. The van der Waals surface area contributed by atoms with Crippen molar-refractivity contribution in [2.75, 3.05) is 0 Å². The maximum absolute atomic E-state index is 10.9. The Balaban J connectivity index is 1.73. The fourth-order valence-corrected chi connectivity index (χ4v) is 2.60. The second-order valence-electron chi connectivity index (χ2n) is 6.19. The molecule has 3 aromatic rings. The molecule has 0 fully saturated rings. The van der Waals surface area contributed by atoms with Gasteiger partial charge in [-0.15, -0.1) is 0 Å². The Kier molecular flexibility index (Phi) is 5.57. The van der Waals surface area contributed by atoms with Crippen molar-refractivity contribution in [1.29, 1.82) is 0 Å². The maximum Gasteiger partial charge on any atom is 0.335 e. The van der Waals surface area contributed by atoms with Crippen molar-refractivity contribution in [3.8, 4) is 0 Å². The number of benzene rings is 2. The Morgan fingerprint density at radius 2 is 1.48 bits per heavy atom. The van der Waals surface area contributed by atoms with Crippen molar-refractivity contribution in [2.24, 2.45) is 4.99 Å². The average Bonchev–Trinajstić information content (AvgIpc) is 2.69. The molecule has 134 valence electrons. The standard InChI is InChI=1S/C23H20N2O2/c1-16(25-22-4-3-15-24-17(22)2)20-11-7-18(8-12-20)5-6-19-9-13-21(14-10-19)23(26)27/h3-15H,1-2H3,(H,26,27)/b6-5-,25-16?. The van der Waals surface area contributed by atoms with E-state index < -0.39 is 5.97 Å². The second kappa shape index (κ2) is 8.23. The van der Waals surface area contributed by atoms with Gasteiger partial charge in [-0.1, -0.05) is 48.6 Å². The van der Waals surface area contributed by atoms with E-state index in [1.807, 2.05) is 62.4 Å². The molecule has 0 saturated carbocycles. The van der Waals surface area contributed by atoms with Gasteiger partial charge in [0.1, 0.15) is 0 Å². The maximum atomic E-state index is 10.9. The van der Waals surface area contributed by atoms with Crippen LogP contribution in [0.25, 0.3) is 12.2 Å². The summed E-state index contributed by atoms with van der Waals surface area (Å²) in [5.74, 6) is -0.917. The quantitative estimate of drug-likeness (QED) is 0.492. The van der Waals surface area contributed by atoms with Gasteiger partial charge in [-0.05, 0) is 54.8 Å². The molecule has 0 bridgehead atoms. The molecular weight excluding hydrogens is 336 g/mol. The van der Waals surface area contributed by atoms with E-state index in [-0.39, 0.29) is 5.56 Å². The molecule has 0 spiro atoms. The molecule has 0 saturated heterocycles. The topological polar surface area (TPSA) is 62.5 Å². The van der Waals surface area contributed by atoms with Gasteiger partial charge in [0.25, 0.3) is 0 Å². The van der Waals surface area contributed by atoms with Crippen LogP contribution in [0, 0.1) is 6.92 Å². The number of pyridine rings is 1. The number of aromatic nitrogens is 1. The molecule has 4 heteroatoms. The molecule has 4 nitrogen and oxygen atoms in total. The van der Waals surface area contributed by atoms with Crippen LogP contribution in [0.3, 0.4) is 0 Å². The third-order valence-electron chi connectivity index (χ3n) is 4.22. The number of carboxylic acids is 1. The van der Waals surface area contributed by atoms with Crippen molar-refractivity contribution >= 4 is 29.5 Å². The van der Waals surface area contributed by atoms with Crippen LogP contribution in [-0.4, -0.2) is 21.8 Å². The first-order valence-corrected chi connectivity index (χ1v) is 8.62. The average molecular weight is 356 g/mol. The Labute approximate surface area is 158 Å². The SMILES string of the molecule is CC(=Nc1cccnc1C)c1ccc(/C=C\c2ccc(C(=O)O)cc2)cc1. The number of rotatable bonds is 5. The largest absolute Gasteiger partial charge is 0.478 e. The van der Waals surface area contributed by atoms with E-state index >= 15 is 0 Å². The molecule has 0 amide bonds. The highest BCUT2D eigenvalue weighted by molar-refractivity contribution is 6.00. The van der Waals surface area contributed by atoms with E-state index in [1.54, 1.807) is 30.5 Å². The highest BCUT2D eigenvalue weighted by atomic mass is 16.4. The minimum Gasteiger partial charge on any atom is -0.478 e. The minimum absolute atomic E-state index is 0.287. The monoisotopic (exact) mass is 356 g/mol. The van der Waals surface area contributed by atoms with Crippen molar-refractivity contribution in [2.45, 2.75) is 13.8 Å². The lowest BCUT2D eigenvalue weighted by atomic mass is 10.1. The number of aromatic carboxylic acids is 1. The van der Waals surface area contributed by atoms with Gasteiger partial charge >= 0.3 is 5.97 Å². The van der Waals surface area contributed by atoms with Gasteiger partial charge in [-0.25, -0.2) is 4.79 Å². The minimum atomic E-state index is -0.917. The fourth-order valence-electron chi connectivity index (χ4n) is 2.60. The zero-order valence-corrected chi connectivity index (χ0v) is 15.3. The molecule has 2 aromatic carbocycles. The van der Waals surface area contributed by atoms with Crippen LogP contribution in [0.2, 0.25) is 0 Å². The highest BCUT2D eigenvalue weighted by Gasteiger charge is 2.02. The van der Waals surface area contributed by atoms with Crippen molar-refractivity contribution in [1.82, 2.24) is 4.98 Å². The summed E-state index contributed by atoms with van der Waals surface area (Å²) in [5.41, 5.74) is 6.08. The molecule has 1 heterocycles. The summed E-state index contributed by atoms with van der Waals surface area (Å²) in [5, 5.41) is 8.93. The molecule has 0 unspecified atom stereocenters. The first-order valence-electron chi connectivity index (χ1n) is 8.62. The normalized spacial score (nSPS) is 11.7. The first-order chi connectivity index (χ1) is 13.0. The second-order valence-corrected chi connectivity index (χ2v) is 6.19. The van der Waals surface area contributed by atoms with Crippen molar-refractivity contribution in [3.05, 3.63) is 94.8 Å².